The number of ether oxygens (including phenoxy) is 3. The SMILES string of the molecule is COc1ccc(C(=O)O[C@@H]2[C@@H](C(C)C)CC[C@]3(C)[C@@H]4CC[C@@](C)(O4)[C@H]23)cc1. The summed E-state index contributed by atoms with van der Waals surface area (Å²) in [6, 6.07) is 7.19. The molecule has 0 unspecified atom stereocenters. The molecule has 4 rings (SSSR count). The van der Waals surface area contributed by atoms with Crippen molar-refractivity contribution < 1.29 is 19.0 Å². The summed E-state index contributed by atoms with van der Waals surface area (Å²) < 4.78 is 17.9. The summed E-state index contributed by atoms with van der Waals surface area (Å²) in [7, 11) is 1.62. The first-order valence-corrected chi connectivity index (χ1v) is 10.3. The molecular formula is C23H32O4. The van der Waals surface area contributed by atoms with E-state index in [-0.39, 0.29) is 29.0 Å². The molecule has 1 aromatic rings. The maximum Gasteiger partial charge on any atom is 0.338 e. The Morgan fingerprint density at radius 1 is 1.15 bits per heavy atom. The molecule has 2 bridgehead atoms. The minimum absolute atomic E-state index is 0.0892. The van der Waals surface area contributed by atoms with Crippen molar-refractivity contribution >= 4 is 5.97 Å². The number of methoxy groups -OCH3 is 1. The molecule has 3 fully saturated rings. The van der Waals surface area contributed by atoms with E-state index in [1.165, 1.54) is 0 Å². The fourth-order valence-corrected chi connectivity index (χ4v) is 6.17. The molecule has 2 saturated heterocycles. The van der Waals surface area contributed by atoms with Crippen LogP contribution >= 0.6 is 0 Å². The predicted octanol–water partition coefficient (Wildman–Crippen LogP) is 4.86. The monoisotopic (exact) mass is 372 g/mol. The van der Waals surface area contributed by atoms with Crippen molar-refractivity contribution in [1.29, 1.82) is 0 Å². The molecule has 0 radical (unpaired) electrons. The topological polar surface area (TPSA) is 44.8 Å². The fourth-order valence-electron chi connectivity index (χ4n) is 6.17. The van der Waals surface area contributed by atoms with Gasteiger partial charge in [-0.1, -0.05) is 20.8 Å². The highest BCUT2D eigenvalue weighted by Gasteiger charge is 2.68. The molecular weight excluding hydrogens is 340 g/mol. The molecule has 4 nitrogen and oxygen atoms in total. The van der Waals surface area contributed by atoms with E-state index in [9.17, 15) is 4.79 Å². The maximum atomic E-state index is 13.0. The van der Waals surface area contributed by atoms with Crippen LogP contribution in [0.25, 0.3) is 0 Å². The van der Waals surface area contributed by atoms with E-state index >= 15 is 0 Å². The first-order valence-electron chi connectivity index (χ1n) is 10.3. The highest BCUT2D eigenvalue weighted by Crippen LogP contribution is 2.65. The van der Waals surface area contributed by atoms with Crippen LogP contribution in [0.4, 0.5) is 0 Å². The Balaban J connectivity index is 1.63. The lowest BCUT2D eigenvalue weighted by Gasteiger charge is -2.52. The van der Waals surface area contributed by atoms with Gasteiger partial charge in [0, 0.05) is 11.3 Å². The molecule has 0 spiro atoms. The molecule has 1 aliphatic carbocycles. The zero-order valence-corrected chi connectivity index (χ0v) is 17.2. The molecule has 6 atom stereocenters. The van der Waals surface area contributed by atoms with Gasteiger partial charge in [-0.2, -0.15) is 0 Å². The largest absolute Gasteiger partial charge is 0.497 e. The second kappa shape index (κ2) is 6.51. The Labute approximate surface area is 162 Å². The third-order valence-corrected chi connectivity index (χ3v) is 7.61. The van der Waals surface area contributed by atoms with Gasteiger partial charge in [-0.3, -0.25) is 0 Å². The van der Waals surface area contributed by atoms with Crippen LogP contribution in [0.1, 0.15) is 63.7 Å². The van der Waals surface area contributed by atoms with Crippen molar-refractivity contribution in [2.24, 2.45) is 23.2 Å². The first kappa shape index (κ1) is 18.8. The lowest BCUT2D eigenvalue weighted by atomic mass is 9.53. The van der Waals surface area contributed by atoms with E-state index in [0.717, 1.165) is 31.4 Å². The van der Waals surface area contributed by atoms with Crippen LogP contribution in [-0.4, -0.2) is 30.9 Å². The van der Waals surface area contributed by atoms with E-state index in [4.69, 9.17) is 14.2 Å². The van der Waals surface area contributed by atoms with Crippen LogP contribution < -0.4 is 4.74 Å². The van der Waals surface area contributed by atoms with Gasteiger partial charge in [0.1, 0.15) is 11.9 Å². The summed E-state index contributed by atoms with van der Waals surface area (Å²) >= 11 is 0. The highest BCUT2D eigenvalue weighted by molar-refractivity contribution is 5.89. The molecule has 0 amide bonds. The molecule has 27 heavy (non-hydrogen) atoms. The fraction of sp³-hybridized carbons (Fsp3) is 0.696. The lowest BCUT2D eigenvalue weighted by Crippen LogP contribution is -2.56. The summed E-state index contributed by atoms with van der Waals surface area (Å²) in [5.74, 6) is 1.64. The van der Waals surface area contributed by atoms with Crippen LogP contribution in [-0.2, 0) is 9.47 Å². The van der Waals surface area contributed by atoms with Crippen LogP contribution in [0.2, 0.25) is 0 Å². The molecule has 3 aliphatic rings. The van der Waals surface area contributed by atoms with Crippen LogP contribution in [0.3, 0.4) is 0 Å². The third kappa shape index (κ3) is 2.88. The minimum atomic E-state index is -0.232. The number of hydrogen-bond donors (Lipinski definition) is 0. The zero-order valence-electron chi connectivity index (χ0n) is 17.2. The van der Waals surface area contributed by atoms with Crippen molar-refractivity contribution in [2.75, 3.05) is 7.11 Å². The number of benzene rings is 1. The van der Waals surface area contributed by atoms with Gasteiger partial charge in [0.25, 0.3) is 0 Å². The minimum Gasteiger partial charge on any atom is -0.497 e. The Bertz CT molecular complexity index is 712. The Hall–Kier alpha value is -1.55. The first-order chi connectivity index (χ1) is 12.8. The summed E-state index contributed by atoms with van der Waals surface area (Å²) in [6.07, 6.45) is 4.68. The molecule has 0 N–H and O–H groups in total. The van der Waals surface area contributed by atoms with E-state index in [1.807, 2.05) is 12.1 Å². The Kier molecular flexibility index (Phi) is 4.53. The van der Waals surface area contributed by atoms with E-state index in [1.54, 1.807) is 19.2 Å². The smallest absolute Gasteiger partial charge is 0.338 e. The van der Waals surface area contributed by atoms with Crippen molar-refractivity contribution in [3.05, 3.63) is 29.8 Å². The number of carbonyl (C=O) groups is 1. The third-order valence-electron chi connectivity index (χ3n) is 7.61. The van der Waals surface area contributed by atoms with Gasteiger partial charge < -0.3 is 14.2 Å². The van der Waals surface area contributed by atoms with Gasteiger partial charge in [0.15, 0.2) is 0 Å². The van der Waals surface area contributed by atoms with E-state index < -0.39 is 0 Å². The van der Waals surface area contributed by atoms with Gasteiger partial charge in [-0.05, 0) is 68.7 Å². The second-order valence-corrected chi connectivity index (χ2v) is 9.49. The van der Waals surface area contributed by atoms with Gasteiger partial charge in [-0.15, -0.1) is 0 Å². The van der Waals surface area contributed by atoms with Gasteiger partial charge in [0.2, 0.25) is 0 Å². The number of esters is 1. The number of fused-ring (bicyclic) bond motifs is 5. The number of hydrogen-bond acceptors (Lipinski definition) is 4. The predicted molar refractivity (Wildman–Crippen MR) is 104 cm³/mol. The van der Waals surface area contributed by atoms with Crippen molar-refractivity contribution in [3.8, 4) is 5.75 Å². The van der Waals surface area contributed by atoms with Gasteiger partial charge >= 0.3 is 5.97 Å². The van der Waals surface area contributed by atoms with Crippen LogP contribution in [0.5, 0.6) is 5.75 Å². The summed E-state index contributed by atoms with van der Waals surface area (Å²) in [5, 5.41) is 0. The number of carbonyl (C=O) groups excluding carboxylic acids is 1. The molecule has 2 aliphatic heterocycles. The quantitative estimate of drug-likeness (QED) is 0.708. The van der Waals surface area contributed by atoms with Crippen molar-refractivity contribution in [3.63, 3.8) is 0 Å². The Morgan fingerprint density at radius 2 is 1.85 bits per heavy atom. The molecule has 4 heteroatoms. The normalized spacial score (nSPS) is 40.1. The van der Waals surface area contributed by atoms with Crippen LogP contribution in [0.15, 0.2) is 24.3 Å². The summed E-state index contributed by atoms with van der Waals surface area (Å²) in [4.78, 5) is 13.0. The molecule has 1 saturated carbocycles. The average molecular weight is 373 g/mol. The van der Waals surface area contributed by atoms with E-state index in [0.29, 0.717) is 23.5 Å². The van der Waals surface area contributed by atoms with Crippen LogP contribution in [0, 0.1) is 23.2 Å². The lowest BCUT2D eigenvalue weighted by molar-refractivity contribution is -0.106. The zero-order chi connectivity index (χ0) is 19.4. The maximum absolute atomic E-state index is 13.0. The summed E-state index contributed by atoms with van der Waals surface area (Å²) in [5.41, 5.74) is 0.529. The molecule has 0 aromatic heterocycles. The van der Waals surface area contributed by atoms with Gasteiger partial charge in [0.05, 0.1) is 24.4 Å². The Morgan fingerprint density at radius 3 is 2.48 bits per heavy atom. The van der Waals surface area contributed by atoms with Crippen molar-refractivity contribution in [1.82, 2.24) is 0 Å². The van der Waals surface area contributed by atoms with E-state index in [2.05, 4.69) is 27.7 Å². The average Bonchev–Trinajstić information content (AvgIpc) is 3.14. The van der Waals surface area contributed by atoms with Gasteiger partial charge in [-0.25, -0.2) is 4.79 Å². The van der Waals surface area contributed by atoms with Crippen molar-refractivity contribution in [2.45, 2.75) is 71.2 Å². The molecule has 2 heterocycles. The summed E-state index contributed by atoms with van der Waals surface area (Å²) in [6.45, 7) is 9.09. The standard InChI is InChI=1S/C23H32O4/c1-14(2)17-10-12-22(3)18-11-13-23(4,27-18)20(22)19(17)26-21(24)15-6-8-16(25-5)9-7-15/h6-9,14,17-20H,10-13H2,1-5H3/t17-,18+,19-,20-,22-,23-/m1/s1. The molecule has 1 aromatic carbocycles. The second-order valence-electron chi connectivity index (χ2n) is 9.49. The number of rotatable bonds is 4. The molecule has 148 valence electrons. The highest BCUT2D eigenvalue weighted by atomic mass is 16.6.